The van der Waals surface area contributed by atoms with E-state index in [1.807, 2.05) is 0 Å². The highest BCUT2D eigenvalue weighted by atomic mass is 79.9. The van der Waals surface area contributed by atoms with Gasteiger partial charge in [-0.05, 0) is 30.5 Å². The number of benzene rings is 1. The summed E-state index contributed by atoms with van der Waals surface area (Å²) >= 11 is 3.56. The normalized spacial score (nSPS) is 18.8. The van der Waals surface area contributed by atoms with Crippen molar-refractivity contribution in [2.75, 3.05) is 32.9 Å². The van der Waals surface area contributed by atoms with E-state index in [-0.39, 0.29) is 12.7 Å². The van der Waals surface area contributed by atoms with Gasteiger partial charge in [-0.1, -0.05) is 28.1 Å². The van der Waals surface area contributed by atoms with Crippen molar-refractivity contribution in [2.45, 2.75) is 19.4 Å². The van der Waals surface area contributed by atoms with Gasteiger partial charge in [-0.15, -0.1) is 0 Å². The molecule has 1 heterocycles. The van der Waals surface area contributed by atoms with E-state index < -0.39 is 0 Å². The molecule has 0 amide bonds. The maximum Gasteiger partial charge on any atom is 0.0912 e. The van der Waals surface area contributed by atoms with E-state index in [1.54, 1.807) is 0 Å². The van der Waals surface area contributed by atoms with Crippen molar-refractivity contribution in [1.29, 1.82) is 0 Å². The van der Waals surface area contributed by atoms with Crippen LogP contribution in [0.2, 0.25) is 0 Å². The van der Waals surface area contributed by atoms with E-state index in [1.165, 1.54) is 11.1 Å². The van der Waals surface area contributed by atoms with Crippen LogP contribution in [0.3, 0.4) is 0 Å². The highest BCUT2D eigenvalue weighted by Crippen LogP contribution is 2.28. The van der Waals surface area contributed by atoms with Gasteiger partial charge in [0.2, 0.25) is 0 Å². The molecule has 1 atom stereocenters. The molecule has 1 N–H and O–H groups in total. The molecule has 18 heavy (non-hydrogen) atoms. The van der Waals surface area contributed by atoms with E-state index in [2.05, 4.69) is 51.3 Å². The Kier molecular flexibility index (Phi) is 5.15. The summed E-state index contributed by atoms with van der Waals surface area (Å²) in [6.07, 6.45) is 0.579. The zero-order valence-electron chi connectivity index (χ0n) is 10.8. The van der Waals surface area contributed by atoms with E-state index in [9.17, 15) is 4.39 Å². The summed E-state index contributed by atoms with van der Waals surface area (Å²) in [7, 11) is 0. The second kappa shape index (κ2) is 6.64. The zero-order chi connectivity index (χ0) is 13.0. The van der Waals surface area contributed by atoms with Crippen LogP contribution in [0.5, 0.6) is 0 Å². The topological polar surface area (TPSA) is 15.3 Å². The number of alkyl halides is 1. The molecule has 0 spiro atoms. The Morgan fingerprint density at radius 3 is 2.72 bits per heavy atom. The van der Waals surface area contributed by atoms with Gasteiger partial charge in [0.25, 0.3) is 0 Å². The summed E-state index contributed by atoms with van der Waals surface area (Å²) in [6, 6.07) is 6.57. The van der Waals surface area contributed by atoms with Crippen molar-refractivity contribution in [3.05, 3.63) is 33.8 Å². The molecule has 100 valence electrons. The third-order valence-electron chi connectivity index (χ3n) is 3.56. The van der Waals surface area contributed by atoms with E-state index >= 15 is 0 Å². The maximum absolute atomic E-state index is 12.8. The lowest BCUT2D eigenvalue weighted by molar-refractivity contribution is 0.157. The Morgan fingerprint density at radius 2 is 2.11 bits per heavy atom. The first-order chi connectivity index (χ1) is 8.72. The summed E-state index contributed by atoms with van der Waals surface area (Å²) < 4.78 is 13.9. The largest absolute Gasteiger partial charge is 0.314 e. The molecule has 0 unspecified atom stereocenters. The number of aryl methyl sites for hydroxylation is 1. The predicted octanol–water partition coefficient (Wildman–Crippen LogP) is 3.06. The first kappa shape index (κ1) is 14.0. The zero-order valence-corrected chi connectivity index (χ0v) is 12.3. The molecule has 1 aliphatic rings. The minimum atomic E-state index is -0.264. The molecule has 2 rings (SSSR count). The van der Waals surface area contributed by atoms with Gasteiger partial charge >= 0.3 is 0 Å². The van der Waals surface area contributed by atoms with Gasteiger partial charge in [-0.2, -0.15) is 0 Å². The van der Waals surface area contributed by atoms with Crippen LogP contribution in [0, 0.1) is 6.92 Å². The van der Waals surface area contributed by atoms with Crippen LogP contribution in [-0.4, -0.2) is 37.8 Å². The number of hydrogen-bond acceptors (Lipinski definition) is 2. The Bertz CT molecular complexity index is 391. The number of halogens is 2. The standard InChI is InChI=1S/C14H20BrFN2/c1-11-2-3-12(10-13(11)15)14(4-5-16)18-8-6-17-7-9-18/h2-3,10,14,17H,4-9H2,1H3/t14-/m0/s1. The average Bonchev–Trinajstić information content (AvgIpc) is 2.40. The van der Waals surface area contributed by atoms with E-state index in [0.717, 1.165) is 30.7 Å². The molecule has 0 aliphatic carbocycles. The number of hydrogen-bond donors (Lipinski definition) is 1. The maximum atomic E-state index is 12.8. The third kappa shape index (κ3) is 3.31. The lowest BCUT2D eigenvalue weighted by Crippen LogP contribution is -2.45. The monoisotopic (exact) mass is 314 g/mol. The SMILES string of the molecule is Cc1ccc([C@H](CCF)N2CCNCC2)cc1Br. The van der Waals surface area contributed by atoms with Crippen molar-refractivity contribution in [1.82, 2.24) is 10.2 Å². The van der Waals surface area contributed by atoms with E-state index in [4.69, 9.17) is 0 Å². The second-order valence-electron chi connectivity index (χ2n) is 4.79. The van der Waals surface area contributed by atoms with Gasteiger partial charge in [0, 0.05) is 36.7 Å². The Balaban J connectivity index is 2.19. The van der Waals surface area contributed by atoms with Crippen LogP contribution >= 0.6 is 15.9 Å². The average molecular weight is 315 g/mol. The summed E-state index contributed by atoms with van der Waals surface area (Å²) in [6.45, 7) is 5.79. The van der Waals surface area contributed by atoms with Gasteiger partial charge in [-0.3, -0.25) is 9.29 Å². The summed E-state index contributed by atoms with van der Waals surface area (Å²) in [5, 5.41) is 3.34. The predicted molar refractivity (Wildman–Crippen MR) is 76.7 cm³/mol. The molecule has 4 heteroatoms. The van der Waals surface area contributed by atoms with Crippen LogP contribution in [0.1, 0.15) is 23.6 Å². The van der Waals surface area contributed by atoms with Crippen molar-refractivity contribution < 1.29 is 4.39 Å². The molecule has 0 saturated carbocycles. The van der Waals surface area contributed by atoms with Gasteiger partial charge in [-0.25, -0.2) is 0 Å². The minimum Gasteiger partial charge on any atom is -0.314 e. The van der Waals surface area contributed by atoms with E-state index in [0.29, 0.717) is 6.42 Å². The fourth-order valence-electron chi connectivity index (χ4n) is 2.47. The minimum absolute atomic E-state index is 0.203. The first-order valence-electron chi connectivity index (χ1n) is 6.49. The van der Waals surface area contributed by atoms with Crippen molar-refractivity contribution >= 4 is 15.9 Å². The summed E-state index contributed by atoms with van der Waals surface area (Å²) in [5.41, 5.74) is 2.44. The third-order valence-corrected chi connectivity index (χ3v) is 4.41. The molecular weight excluding hydrogens is 295 g/mol. The summed E-state index contributed by atoms with van der Waals surface area (Å²) in [4.78, 5) is 2.38. The molecule has 1 aliphatic heterocycles. The molecule has 2 nitrogen and oxygen atoms in total. The van der Waals surface area contributed by atoms with Crippen molar-refractivity contribution in [3.63, 3.8) is 0 Å². The fourth-order valence-corrected chi connectivity index (χ4v) is 2.87. The lowest BCUT2D eigenvalue weighted by atomic mass is 10.0. The molecule has 1 fully saturated rings. The smallest absolute Gasteiger partial charge is 0.0912 e. The van der Waals surface area contributed by atoms with Gasteiger partial charge in [0.05, 0.1) is 6.67 Å². The van der Waals surface area contributed by atoms with Crippen molar-refractivity contribution in [3.8, 4) is 0 Å². The highest BCUT2D eigenvalue weighted by molar-refractivity contribution is 9.10. The van der Waals surface area contributed by atoms with Crippen LogP contribution in [0.4, 0.5) is 4.39 Å². The molecule has 0 bridgehead atoms. The fraction of sp³-hybridized carbons (Fsp3) is 0.571. The van der Waals surface area contributed by atoms with Crippen LogP contribution in [0.25, 0.3) is 0 Å². The van der Waals surface area contributed by atoms with Gasteiger partial charge < -0.3 is 5.32 Å². The van der Waals surface area contributed by atoms with Crippen LogP contribution < -0.4 is 5.32 Å². The highest BCUT2D eigenvalue weighted by Gasteiger charge is 2.22. The molecule has 0 aromatic heterocycles. The molecule has 1 aromatic carbocycles. The van der Waals surface area contributed by atoms with Crippen molar-refractivity contribution in [2.24, 2.45) is 0 Å². The molecular formula is C14H20BrFN2. The number of rotatable bonds is 4. The van der Waals surface area contributed by atoms with Gasteiger partial charge in [0.1, 0.15) is 0 Å². The molecule has 0 radical (unpaired) electrons. The first-order valence-corrected chi connectivity index (χ1v) is 7.28. The molecule has 1 aromatic rings. The van der Waals surface area contributed by atoms with Gasteiger partial charge in [0.15, 0.2) is 0 Å². The number of nitrogens with zero attached hydrogens (tertiary/aromatic N) is 1. The molecule has 1 saturated heterocycles. The Labute approximate surface area is 117 Å². The van der Waals surface area contributed by atoms with Crippen LogP contribution in [-0.2, 0) is 0 Å². The number of piperazine rings is 1. The Hall–Kier alpha value is -0.450. The summed E-state index contributed by atoms with van der Waals surface area (Å²) in [5.74, 6) is 0. The Morgan fingerprint density at radius 1 is 1.39 bits per heavy atom. The quantitative estimate of drug-likeness (QED) is 0.919. The lowest BCUT2D eigenvalue weighted by Gasteiger charge is -2.35. The number of nitrogens with one attached hydrogen (secondary N) is 1. The second-order valence-corrected chi connectivity index (χ2v) is 5.64. The van der Waals surface area contributed by atoms with Crippen LogP contribution in [0.15, 0.2) is 22.7 Å².